The molecule has 1 aliphatic heterocycles. The third-order valence-electron chi connectivity index (χ3n) is 5.69. The molecule has 1 heterocycles. The van der Waals surface area contributed by atoms with Crippen molar-refractivity contribution in [2.75, 3.05) is 14.1 Å². The summed E-state index contributed by atoms with van der Waals surface area (Å²) < 4.78 is 125. The number of rotatable bonds is 5. The average Bonchev–Trinajstić information content (AvgIpc) is 3.00. The normalized spacial score (nSPS) is 19.2. The molecule has 2 aromatic rings. The topological polar surface area (TPSA) is 32.8 Å². The van der Waals surface area contributed by atoms with Gasteiger partial charge in [0.25, 0.3) is 0 Å². The molecule has 36 heavy (non-hydrogen) atoms. The first-order valence-corrected chi connectivity index (χ1v) is 10.5. The second-order valence-corrected chi connectivity index (χ2v) is 8.73. The molecule has 1 amide bonds. The molecule has 0 radical (unpaired) electrons. The van der Waals surface area contributed by atoms with Crippen LogP contribution in [-0.2, 0) is 36.4 Å². The Morgan fingerprint density at radius 1 is 0.806 bits per heavy atom. The van der Waals surface area contributed by atoms with Gasteiger partial charge in [0.1, 0.15) is 6.10 Å². The number of carbonyl (C=O) groups is 1. The molecule has 198 valence electrons. The van der Waals surface area contributed by atoms with Crippen LogP contribution in [0.3, 0.4) is 0 Å². The summed E-state index contributed by atoms with van der Waals surface area (Å²) in [6.45, 7) is 1.16. The zero-order chi connectivity index (χ0) is 27.2. The molecule has 0 spiro atoms. The Labute approximate surface area is 200 Å². The van der Waals surface area contributed by atoms with Crippen molar-refractivity contribution in [2.45, 2.75) is 50.7 Å². The molecule has 1 fully saturated rings. The Bertz CT molecular complexity index is 1090. The second-order valence-electron chi connectivity index (χ2n) is 8.73. The van der Waals surface area contributed by atoms with E-state index < -0.39 is 65.6 Å². The summed E-state index contributed by atoms with van der Waals surface area (Å²) in [6, 6.07) is 2.81. The number of amides is 1. The summed E-state index contributed by atoms with van der Waals surface area (Å²) in [7, 11) is 3.35. The highest BCUT2D eigenvalue weighted by Crippen LogP contribution is 2.41. The van der Waals surface area contributed by atoms with Gasteiger partial charge in [-0.25, -0.2) is 4.79 Å². The number of alkyl halides is 9. The molecular formula is C23H21F9N2O2. The van der Waals surface area contributed by atoms with Gasteiger partial charge in [-0.3, -0.25) is 4.90 Å². The quantitative estimate of drug-likeness (QED) is 0.397. The maximum atomic E-state index is 13.3. The highest BCUT2D eigenvalue weighted by molar-refractivity contribution is 5.71. The third-order valence-corrected chi connectivity index (χ3v) is 5.69. The summed E-state index contributed by atoms with van der Waals surface area (Å²) >= 11 is 0. The lowest BCUT2D eigenvalue weighted by atomic mass is 9.97. The molecule has 0 N–H and O–H groups in total. The van der Waals surface area contributed by atoms with Crippen molar-refractivity contribution in [3.8, 4) is 0 Å². The maximum Gasteiger partial charge on any atom is 0.416 e. The number of ether oxygens (including phenoxy) is 1. The van der Waals surface area contributed by atoms with Gasteiger partial charge in [-0.1, -0.05) is 6.07 Å². The molecule has 0 bridgehead atoms. The molecule has 0 unspecified atom stereocenters. The molecule has 13 heteroatoms. The summed E-state index contributed by atoms with van der Waals surface area (Å²) in [5.74, 6) is 0. The minimum atomic E-state index is -5.10. The van der Waals surface area contributed by atoms with Crippen LogP contribution >= 0.6 is 0 Å². The lowest BCUT2D eigenvalue weighted by Crippen LogP contribution is -2.32. The van der Waals surface area contributed by atoms with Crippen LogP contribution in [0.4, 0.5) is 44.3 Å². The van der Waals surface area contributed by atoms with Crippen molar-refractivity contribution < 1.29 is 49.0 Å². The third kappa shape index (κ3) is 6.05. The largest absolute Gasteiger partial charge is 0.439 e. The first kappa shape index (κ1) is 27.6. The second kappa shape index (κ2) is 9.49. The van der Waals surface area contributed by atoms with Gasteiger partial charge in [0, 0.05) is 13.1 Å². The number of benzene rings is 2. The minimum Gasteiger partial charge on any atom is -0.439 e. The van der Waals surface area contributed by atoms with Gasteiger partial charge in [-0.2, -0.15) is 39.5 Å². The molecule has 4 nitrogen and oxygen atoms in total. The first-order chi connectivity index (χ1) is 16.4. The van der Waals surface area contributed by atoms with Gasteiger partial charge in [-0.15, -0.1) is 0 Å². The van der Waals surface area contributed by atoms with Gasteiger partial charge in [0.2, 0.25) is 0 Å². The predicted molar refractivity (Wildman–Crippen MR) is 110 cm³/mol. The van der Waals surface area contributed by atoms with Crippen LogP contribution in [0.15, 0.2) is 36.4 Å². The van der Waals surface area contributed by atoms with Gasteiger partial charge < -0.3 is 9.64 Å². The molecule has 2 aromatic carbocycles. The summed E-state index contributed by atoms with van der Waals surface area (Å²) in [6.07, 6.45) is -17.5. The van der Waals surface area contributed by atoms with Crippen LogP contribution < -0.4 is 0 Å². The van der Waals surface area contributed by atoms with Gasteiger partial charge in [-0.05, 0) is 68.0 Å². The van der Waals surface area contributed by atoms with Crippen LogP contribution in [0, 0.1) is 0 Å². The average molecular weight is 528 g/mol. The van der Waals surface area contributed by atoms with Crippen LogP contribution in [0.1, 0.15) is 46.4 Å². The molecular weight excluding hydrogens is 507 g/mol. The van der Waals surface area contributed by atoms with E-state index in [1.54, 1.807) is 19.0 Å². The number of halogens is 9. The fourth-order valence-corrected chi connectivity index (χ4v) is 3.93. The molecule has 0 aliphatic carbocycles. The monoisotopic (exact) mass is 528 g/mol. The Morgan fingerprint density at radius 3 is 1.81 bits per heavy atom. The van der Waals surface area contributed by atoms with E-state index in [1.807, 2.05) is 0 Å². The fraction of sp³-hybridized carbons (Fsp3) is 0.435. The highest BCUT2D eigenvalue weighted by atomic mass is 19.4. The highest BCUT2D eigenvalue weighted by Gasteiger charge is 2.43. The minimum absolute atomic E-state index is 0.0428. The van der Waals surface area contributed by atoms with Crippen molar-refractivity contribution in [1.29, 1.82) is 0 Å². The first-order valence-electron chi connectivity index (χ1n) is 10.5. The van der Waals surface area contributed by atoms with E-state index in [0.717, 1.165) is 17.0 Å². The molecule has 0 saturated carbocycles. The number of nitrogens with zero attached hydrogens (tertiary/aromatic N) is 2. The van der Waals surface area contributed by atoms with Crippen molar-refractivity contribution >= 4 is 6.09 Å². The summed E-state index contributed by atoms with van der Waals surface area (Å²) in [4.78, 5) is 15.2. The van der Waals surface area contributed by atoms with E-state index in [2.05, 4.69) is 0 Å². The van der Waals surface area contributed by atoms with E-state index in [4.69, 9.17) is 4.74 Å². The van der Waals surface area contributed by atoms with Crippen molar-refractivity contribution in [1.82, 2.24) is 9.80 Å². The van der Waals surface area contributed by atoms with Gasteiger partial charge >= 0.3 is 24.6 Å². The van der Waals surface area contributed by atoms with E-state index in [9.17, 15) is 44.3 Å². The van der Waals surface area contributed by atoms with Gasteiger partial charge in [0.15, 0.2) is 0 Å². The van der Waals surface area contributed by atoms with E-state index >= 15 is 0 Å². The number of hydrogen-bond donors (Lipinski definition) is 0. The van der Waals surface area contributed by atoms with Crippen molar-refractivity contribution in [2.24, 2.45) is 0 Å². The molecule has 1 saturated heterocycles. The van der Waals surface area contributed by atoms with Crippen molar-refractivity contribution in [3.63, 3.8) is 0 Å². The smallest absolute Gasteiger partial charge is 0.416 e. The van der Waals surface area contributed by atoms with Crippen LogP contribution in [0.2, 0.25) is 0 Å². The summed E-state index contributed by atoms with van der Waals surface area (Å²) in [5.41, 5.74) is -4.07. The molecule has 3 rings (SSSR count). The molecule has 2 atom stereocenters. The zero-order valence-corrected chi connectivity index (χ0v) is 19.1. The lowest BCUT2D eigenvalue weighted by Gasteiger charge is -2.24. The van der Waals surface area contributed by atoms with Crippen LogP contribution in [-0.4, -0.2) is 36.0 Å². The van der Waals surface area contributed by atoms with E-state index in [1.165, 1.54) is 13.0 Å². The molecule has 1 aliphatic rings. The Hall–Kier alpha value is -2.96. The van der Waals surface area contributed by atoms with E-state index in [0.29, 0.717) is 17.7 Å². The Balaban J connectivity index is 1.99. The predicted octanol–water partition coefficient (Wildman–Crippen LogP) is 6.89. The number of carbonyl (C=O) groups excluding carboxylic acids is 1. The van der Waals surface area contributed by atoms with E-state index in [-0.39, 0.29) is 18.2 Å². The fourth-order valence-electron chi connectivity index (χ4n) is 3.93. The number of hydrogen-bond acceptors (Lipinski definition) is 3. The summed E-state index contributed by atoms with van der Waals surface area (Å²) in [5, 5.41) is 0. The van der Waals surface area contributed by atoms with Crippen molar-refractivity contribution in [3.05, 3.63) is 69.8 Å². The van der Waals surface area contributed by atoms with Crippen LogP contribution in [0.5, 0.6) is 0 Å². The maximum absolute atomic E-state index is 13.3. The standard InChI is InChI=1S/C23H21F9N2O2/c1-12-19(14-6-17(22(27,28)29)9-18(7-14)23(30,31)32)36-20(35)34(12)11-15-8-16(21(24,25)26)5-4-13(15)10-33(2)3/h4-9,12,19H,10-11H2,1-3H3/t12-,19-/m0/s1. The zero-order valence-electron chi connectivity index (χ0n) is 19.1. The van der Waals surface area contributed by atoms with Gasteiger partial charge in [0.05, 0.1) is 22.7 Å². The molecule has 0 aromatic heterocycles. The SMILES string of the molecule is C[C@H]1[C@@H](c2cc(C(F)(F)F)cc(C(F)(F)F)c2)OC(=O)N1Cc1cc(C(F)(F)F)ccc1CN(C)C. The Kier molecular flexibility index (Phi) is 7.28. The lowest BCUT2D eigenvalue weighted by molar-refractivity contribution is -0.143. The Morgan fingerprint density at radius 2 is 1.33 bits per heavy atom. The number of cyclic esters (lactones) is 1. The van der Waals surface area contributed by atoms with Crippen LogP contribution in [0.25, 0.3) is 0 Å².